The van der Waals surface area contributed by atoms with Crippen molar-refractivity contribution in [3.8, 4) is 0 Å². The van der Waals surface area contributed by atoms with Crippen LogP contribution < -0.4 is 0 Å². The Balaban J connectivity index is 0.000000406. The number of halogens is 5. The molecule has 0 amide bonds. The van der Waals surface area contributed by atoms with Gasteiger partial charge < -0.3 is 19.7 Å². The largest absolute Gasteiger partial charge is 0.481 e. The maximum atomic E-state index is 13.1. The molecule has 13 nitrogen and oxygen atoms in total. The van der Waals surface area contributed by atoms with E-state index in [4.69, 9.17) is 0 Å². The third-order valence-corrected chi connectivity index (χ3v) is 14.1. The SMILES string of the molecule is BrCc1ccccc1.CCC(=O)/C(=C/c1ccc(F)cc1)C(Cc1ccccc1)C(=O)CC.CCC(=O)C/C(=C\c1ccc(F)cc1)C(=O)CC.CCOC(=O)CCC(=O)OCC.O=C(O)/C(=C\c1ccc(F)cc1)C(Cc1ccccc1)C(=O)O.O=Cc1ccc(F)cc1. The van der Waals surface area contributed by atoms with Gasteiger partial charge in [-0.2, -0.15) is 0 Å². The Hall–Kier alpha value is -9.81. The van der Waals surface area contributed by atoms with Crippen LogP contribution in [0.5, 0.6) is 0 Å². The number of carboxylic acid groups (broad SMARTS) is 2. The molecule has 502 valence electrons. The Morgan fingerprint density at radius 1 is 0.432 bits per heavy atom. The Morgan fingerprint density at radius 3 is 1.11 bits per heavy atom. The van der Waals surface area contributed by atoms with Crippen molar-refractivity contribution in [3.63, 3.8) is 0 Å². The highest BCUT2D eigenvalue weighted by molar-refractivity contribution is 9.08. The number of benzene rings is 7. The van der Waals surface area contributed by atoms with Gasteiger partial charge in [0.1, 0.15) is 41.1 Å². The van der Waals surface area contributed by atoms with Gasteiger partial charge in [-0.05, 0) is 139 Å². The van der Waals surface area contributed by atoms with Gasteiger partial charge in [0.2, 0.25) is 0 Å². The molecule has 0 heterocycles. The molecule has 0 saturated heterocycles. The molecule has 0 saturated carbocycles. The lowest BCUT2D eigenvalue weighted by Crippen LogP contribution is -2.23. The second kappa shape index (κ2) is 47.1. The number of carbonyl (C=O) groups excluding carboxylic acids is 7. The van der Waals surface area contributed by atoms with E-state index in [9.17, 15) is 70.9 Å². The fourth-order valence-electron chi connectivity index (χ4n) is 8.38. The minimum atomic E-state index is -1.31. The summed E-state index contributed by atoms with van der Waals surface area (Å²) < 4.78 is 60.2. The van der Waals surface area contributed by atoms with E-state index in [1.807, 2.05) is 55.5 Å². The molecule has 18 heteroatoms. The number of Topliss-reactive ketones (excluding diaryl/α,β-unsaturated/α-hetero) is 4. The van der Waals surface area contributed by atoms with Gasteiger partial charge in [0, 0.05) is 54.1 Å². The number of allylic oxidation sites excluding steroid dienone is 2. The van der Waals surface area contributed by atoms with Crippen molar-refractivity contribution in [1.29, 1.82) is 0 Å². The summed E-state index contributed by atoms with van der Waals surface area (Å²) in [7, 11) is 0. The van der Waals surface area contributed by atoms with Crippen LogP contribution in [0.1, 0.15) is 130 Å². The van der Waals surface area contributed by atoms with Gasteiger partial charge in [-0.1, -0.05) is 171 Å². The van der Waals surface area contributed by atoms with Crippen molar-refractivity contribution in [1.82, 2.24) is 0 Å². The van der Waals surface area contributed by atoms with Gasteiger partial charge in [0.15, 0.2) is 11.6 Å². The fourth-order valence-corrected chi connectivity index (χ4v) is 8.75. The third-order valence-electron chi connectivity index (χ3n) is 13.4. The van der Waals surface area contributed by atoms with Gasteiger partial charge in [0.25, 0.3) is 0 Å². The molecular weight excluding hydrogens is 1290 g/mol. The molecule has 0 aliphatic heterocycles. The number of hydrogen-bond acceptors (Lipinski definition) is 11. The van der Waals surface area contributed by atoms with E-state index < -0.39 is 29.6 Å². The van der Waals surface area contributed by atoms with Gasteiger partial charge in [-0.15, -0.1) is 0 Å². The summed E-state index contributed by atoms with van der Waals surface area (Å²) in [5.74, 6) is -6.34. The van der Waals surface area contributed by atoms with Crippen LogP contribution in [0, 0.1) is 35.1 Å². The second-order valence-electron chi connectivity index (χ2n) is 20.5. The second-order valence-corrected chi connectivity index (χ2v) is 21.1. The summed E-state index contributed by atoms with van der Waals surface area (Å²) >= 11 is 3.36. The molecule has 0 radical (unpaired) electrons. The average Bonchev–Trinajstić information content (AvgIpc) is 0.928. The van der Waals surface area contributed by atoms with Gasteiger partial charge in [-0.3, -0.25) is 38.4 Å². The molecular formula is C77H81BrF4O13. The quantitative estimate of drug-likeness (QED) is 0.0161. The zero-order valence-electron chi connectivity index (χ0n) is 54.1. The van der Waals surface area contributed by atoms with Crippen LogP contribution in [-0.2, 0) is 66.0 Å². The molecule has 2 unspecified atom stereocenters. The van der Waals surface area contributed by atoms with Crippen molar-refractivity contribution >= 4 is 87.5 Å². The normalized spacial score (nSPS) is 11.3. The van der Waals surface area contributed by atoms with Crippen LogP contribution in [0.2, 0.25) is 0 Å². The molecule has 0 aromatic heterocycles. The molecule has 0 spiro atoms. The lowest BCUT2D eigenvalue weighted by atomic mass is 9.83. The summed E-state index contributed by atoms with van der Waals surface area (Å²) in [4.78, 5) is 103. The van der Waals surface area contributed by atoms with Crippen molar-refractivity contribution in [3.05, 3.63) is 267 Å². The Morgan fingerprint density at radius 2 is 0.789 bits per heavy atom. The summed E-state index contributed by atoms with van der Waals surface area (Å²) in [5, 5.41) is 19.7. The predicted octanol–water partition coefficient (Wildman–Crippen LogP) is 16.9. The number of hydrogen-bond donors (Lipinski definition) is 2. The van der Waals surface area contributed by atoms with Crippen LogP contribution >= 0.6 is 15.9 Å². The molecule has 7 aromatic rings. The van der Waals surface area contributed by atoms with E-state index in [1.165, 1.54) is 84.4 Å². The van der Waals surface area contributed by atoms with Crippen LogP contribution in [0.3, 0.4) is 0 Å². The maximum absolute atomic E-state index is 13.1. The zero-order chi connectivity index (χ0) is 70.5. The first-order chi connectivity index (χ1) is 45.5. The topological polar surface area (TPSA) is 213 Å². The standard InChI is InChI=1S/C22H23FO2.C18H15FO4.C15H17FO2.C8H14O4.C7H7Br.C7H5FO/c1-3-21(24)19(14-16-8-6-5-7-9-16)20(22(25)4-2)15-17-10-12-18(23)13-11-17;19-14-8-6-13(7-9-14)11-16(18(22)23)15(17(20)21)10-12-4-2-1-3-5-12;1-3-14(17)10-12(15(18)4-2)9-11-5-7-13(16)8-6-11;1-3-11-7(9)5-6-8(10)12-4-2;8-6-7-4-2-1-3-5-7;8-7-3-1-6(5-9)2-4-7/h5-13,15,19H,3-4,14H2,1-2H3;1-9,11,15H,10H2,(H,20,21)(H,22,23);5-9H,3-4,10H2,1-2H3;3-6H2,1-2H3;1-5H,6H2;1-5H/b20-15+;16-11-;12-9+;;;. The summed E-state index contributed by atoms with van der Waals surface area (Å²) in [5.41, 5.74) is 6.22. The fraction of sp³-hybridized carbons (Fsp3) is 0.260. The molecule has 0 aliphatic carbocycles. The smallest absolute Gasteiger partial charge is 0.332 e. The number of alkyl halides is 1. The first kappa shape index (κ1) is 81.3. The number of esters is 2. The molecule has 0 fully saturated rings. The van der Waals surface area contributed by atoms with Crippen molar-refractivity contribution in [2.75, 3.05) is 13.2 Å². The minimum absolute atomic E-state index is 0.0326. The van der Waals surface area contributed by atoms with Crippen molar-refractivity contribution in [2.45, 2.75) is 105 Å². The van der Waals surface area contributed by atoms with E-state index in [1.54, 1.807) is 101 Å². The third kappa shape index (κ3) is 34.1. The van der Waals surface area contributed by atoms with Gasteiger partial charge in [0.05, 0.1) is 43.5 Å². The van der Waals surface area contributed by atoms with Crippen LogP contribution in [0.4, 0.5) is 17.6 Å². The number of carboxylic acids is 2. The van der Waals surface area contributed by atoms with E-state index in [0.717, 1.165) is 27.6 Å². The number of rotatable bonds is 27. The van der Waals surface area contributed by atoms with E-state index in [0.29, 0.717) is 73.9 Å². The highest BCUT2D eigenvalue weighted by Gasteiger charge is 2.28. The van der Waals surface area contributed by atoms with Crippen molar-refractivity contribution < 1.29 is 80.4 Å². The Bertz CT molecular complexity index is 3560. The van der Waals surface area contributed by atoms with E-state index in [2.05, 4.69) is 37.5 Å². The lowest BCUT2D eigenvalue weighted by molar-refractivity contribution is -0.149. The number of ether oxygens (including phenoxy) is 2. The summed E-state index contributed by atoms with van der Waals surface area (Å²) in [6, 6.07) is 51.1. The first-order valence-electron chi connectivity index (χ1n) is 30.7. The molecule has 0 aliphatic rings. The number of ketones is 4. The maximum Gasteiger partial charge on any atom is 0.332 e. The molecule has 7 rings (SSSR count). The van der Waals surface area contributed by atoms with Crippen LogP contribution in [0.15, 0.2) is 205 Å². The molecule has 95 heavy (non-hydrogen) atoms. The summed E-state index contributed by atoms with van der Waals surface area (Å²) in [6.45, 7) is 11.3. The molecule has 7 aromatic carbocycles. The highest BCUT2D eigenvalue weighted by atomic mass is 79.9. The molecule has 2 atom stereocenters. The first-order valence-corrected chi connectivity index (χ1v) is 31.8. The van der Waals surface area contributed by atoms with Crippen LogP contribution in [0.25, 0.3) is 18.2 Å². The van der Waals surface area contributed by atoms with Gasteiger partial charge in [-0.25, -0.2) is 22.4 Å². The minimum Gasteiger partial charge on any atom is -0.481 e. The molecule has 0 bridgehead atoms. The predicted molar refractivity (Wildman–Crippen MR) is 365 cm³/mol. The highest BCUT2D eigenvalue weighted by Crippen LogP contribution is 2.26. The molecule has 2 N–H and O–H groups in total. The number of carbonyl (C=O) groups is 9. The average molecular weight is 1370 g/mol. The number of aldehydes is 1. The summed E-state index contributed by atoms with van der Waals surface area (Å²) in [6.07, 6.45) is 7.74. The lowest BCUT2D eigenvalue weighted by Gasteiger charge is -2.18. The van der Waals surface area contributed by atoms with E-state index >= 15 is 0 Å². The Labute approximate surface area is 561 Å². The van der Waals surface area contributed by atoms with Crippen LogP contribution in [-0.4, -0.2) is 76.7 Å². The van der Waals surface area contributed by atoms with E-state index in [-0.39, 0.29) is 83.8 Å². The monoisotopic (exact) mass is 1370 g/mol. The zero-order valence-corrected chi connectivity index (χ0v) is 55.7. The van der Waals surface area contributed by atoms with Gasteiger partial charge >= 0.3 is 23.9 Å². The van der Waals surface area contributed by atoms with Crippen molar-refractivity contribution in [2.24, 2.45) is 11.8 Å². The Kier molecular flexibility index (Phi) is 40.3. The number of aliphatic carboxylic acids is 2.